The summed E-state index contributed by atoms with van der Waals surface area (Å²) in [6, 6.07) is 4.25. The molecule has 0 aromatic heterocycles. The van der Waals surface area contributed by atoms with Crippen LogP contribution in [0.1, 0.15) is 5.56 Å². The van der Waals surface area contributed by atoms with Gasteiger partial charge < -0.3 is 0 Å². The summed E-state index contributed by atoms with van der Waals surface area (Å²) in [6.07, 6.45) is 0. The minimum absolute atomic E-state index is 0.116. The number of hydrogen-bond acceptors (Lipinski definition) is 4. The third-order valence-corrected chi connectivity index (χ3v) is 2.20. The zero-order chi connectivity index (χ0) is 9.14. The van der Waals surface area contributed by atoms with Crippen molar-refractivity contribution in [1.29, 1.82) is 0 Å². The van der Waals surface area contributed by atoms with Gasteiger partial charge in [-0.3, -0.25) is 0 Å². The molecule has 0 atom stereocenters. The lowest BCUT2D eigenvalue weighted by Crippen LogP contribution is -1.81. The molecule has 0 spiro atoms. The first-order chi connectivity index (χ1) is 5.65. The Morgan fingerprint density at radius 1 is 1.33 bits per heavy atom. The molecule has 1 aromatic carbocycles. The number of aryl methyl sites for hydroxylation is 1. The third kappa shape index (κ3) is 1.68. The van der Waals surface area contributed by atoms with Crippen LogP contribution < -0.4 is 0 Å². The van der Waals surface area contributed by atoms with Gasteiger partial charge in [0.25, 0.3) is 0 Å². The smallest absolute Gasteiger partial charge is 0.168 e. The van der Waals surface area contributed by atoms with Gasteiger partial charge in [-0.25, -0.2) is 8.42 Å². The van der Waals surface area contributed by atoms with Gasteiger partial charge in [0, 0.05) is 0 Å². The van der Waals surface area contributed by atoms with E-state index in [1.54, 1.807) is 13.0 Å². The van der Waals surface area contributed by atoms with E-state index in [-0.39, 0.29) is 10.6 Å². The summed E-state index contributed by atoms with van der Waals surface area (Å²) < 4.78 is 20.9. The zero-order valence-electron chi connectivity index (χ0n) is 6.35. The molecule has 5 heteroatoms. The molecular formula is C7H7NO3S. The molecule has 0 saturated carbocycles. The maximum Gasteiger partial charge on any atom is 0.168 e. The summed E-state index contributed by atoms with van der Waals surface area (Å²) in [7, 11) is -2.63. The Labute approximate surface area is 71.1 Å². The first-order valence-corrected chi connectivity index (χ1v) is 4.41. The second kappa shape index (κ2) is 3.44. The van der Waals surface area contributed by atoms with Crippen LogP contribution in [0, 0.1) is 11.8 Å². The first kappa shape index (κ1) is 8.86. The highest BCUT2D eigenvalue weighted by atomic mass is 32.2. The standard InChI is InChI=1S/C7H7NO3S/c1-5-2-3-6(12(10)11)4-7(5)8-9/h2-4,12H,1H3. The molecule has 0 aliphatic carbocycles. The molecule has 0 amide bonds. The van der Waals surface area contributed by atoms with Gasteiger partial charge in [-0.05, 0) is 29.8 Å². The SMILES string of the molecule is Cc1ccc([SH](=O)=O)cc1N=O. The number of rotatable bonds is 2. The third-order valence-electron chi connectivity index (χ3n) is 1.50. The van der Waals surface area contributed by atoms with Crippen LogP contribution in [-0.2, 0) is 10.7 Å². The van der Waals surface area contributed by atoms with E-state index in [1.165, 1.54) is 12.1 Å². The van der Waals surface area contributed by atoms with Gasteiger partial charge in [-0.1, -0.05) is 6.07 Å². The van der Waals surface area contributed by atoms with Crippen molar-refractivity contribution in [3.05, 3.63) is 28.7 Å². The van der Waals surface area contributed by atoms with Gasteiger partial charge in [0.1, 0.15) is 5.69 Å². The molecule has 64 valence electrons. The van der Waals surface area contributed by atoms with Crippen LogP contribution in [0.2, 0.25) is 0 Å². The summed E-state index contributed by atoms with van der Waals surface area (Å²) in [6.45, 7) is 1.69. The minimum Gasteiger partial charge on any atom is -0.227 e. The van der Waals surface area contributed by atoms with E-state index in [4.69, 9.17) is 0 Å². The Morgan fingerprint density at radius 3 is 2.50 bits per heavy atom. The lowest BCUT2D eigenvalue weighted by Gasteiger charge is -1.95. The minimum atomic E-state index is -2.63. The fourth-order valence-corrected chi connectivity index (χ4v) is 1.23. The van der Waals surface area contributed by atoms with Crippen molar-refractivity contribution in [2.24, 2.45) is 5.18 Å². The van der Waals surface area contributed by atoms with E-state index in [9.17, 15) is 13.3 Å². The van der Waals surface area contributed by atoms with Crippen LogP contribution in [0.25, 0.3) is 0 Å². The molecule has 0 unspecified atom stereocenters. The van der Waals surface area contributed by atoms with Crippen molar-refractivity contribution in [2.45, 2.75) is 11.8 Å². The highest BCUT2D eigenvalue weighted by Crippen LogP contribution is 2.19. The number of benzene rings is 1. The largest absolute Gasteiger partial charge is 0.227 e. The van der Waals surface area contributed by atoms with Gasteiger partial charge in [-0.15, -0.1) is 4.91 Å². The predicted octanol–water partition coefficient (Wildman–Crippen LogP) is 1.36. The average molecular weight is 185 g/mol. The van der Waals surface area contributed by atoms with E-state index < -0.39 is 10.7 Å². The normalized spacial score (nSPS) is 10.2. The molecule has 4 nitrogen and oxygen atoms in total. The van der Waals surface area contributed by atoms with Crippen molar-refractivity contribution in [1.82, 2.24) is 0 Å². The van der Waals surface area contributed by atoms with Crippen LogP contribution in [0.3, 0.4) is 0 Å². The quantitative estimate of drug-likeness (QED) is 0.559. The van der Waals surface area contributed by atoms with Crippen LogP contribution in [0.15, 0.2) is 28.3 Å². The molecule has 0 fully saturated rings. The Kier molecular flexibility index (Phi) is 2.54. The molecule has 0 bridgehead atoms. The summed E-state index contributed by atoms with van der Waals surface area (Å²) >= 11 is 0. The van der Waals surface area contributed by atoms with Gasteiger partial charge in [0.05, 0.1) is 4.90 Å². The van der Waals surface area contributed by atoms with Crippen LogP contribution in [0.5, 0.6) is 0 Å². The Hall–Kier alpha value is -1.23. The van der Waals surface area contributed by atoms with E-state index in [2.05, 4.69) is 5.18 Å². The average Bonchev–Trinajstić information content (AvgIpc) is 2.05. The van der Waals surface area contributed by atoms with Crippen molar-refractivity contribution in [3.63, 3.8) is 0 Å². The summed E-state index contributed by atoms with van der Waals surface area (Å²) in [5, 5.41) is 2.70. The molecule has 0 aliphatic rings. The van der Waals surface area contributed by atoms with Crippen molar-refractivity contribution < 1.29 is 8.42 Å². The van der Waals surface area contributed by atoms with E-state index in [0.29, 0.717) is 5.56 Å². The second-order valence-corrected chi connectivity index (χ2v) is 3.35. The van der Waals surface area contributed by atoms with Gasteiger partial charge in [0.15, 0.2) is 10.7 Å². The Balaban J connectivity index is 3.31. The molecule has 0 N–H and O–H groups in total. The summed E-state index contributed by atoms with van der Waals surface area (Å²) in [5.41, 5.74) is 0.845. The second-order valence-electron chi connectivity index (χ2n) is 2.32. The van der Waals surface area contributed by atoms with Gasteiger partial charge in [0.2, 0.25) is 0 Å². The number of hydrogen-bond donors (Lipinski definition) is 1. The van der Waals surface area contributed by atoms with Crippen molar-refractivity contribution in [3.8, 4) is 0 Å². The highest BCUT2D eigenvalue weighted by molar-refractivity contribution is 7.72. The monoisotopic (exact) mass is 185 g/mol. The Bertz CT molecular complexity index is 376. The van der Waals surface area contributed by atoms with Gasteiger partial charge >= 0.3 is 0 Å². The first-order valence-electron chi connectivity index (χ1n) is 3.23. The molecule has 0 saturated heterocycles. The van der Waals surface area contributed by atoms with Gasteiger partial charge in [-0.2, -0.15) is 0 Å². The lowest BCUT2D eigenvalue weighted by molar-refractivity contribution is 0.614. The molecule has 0 aliphatic heterocycles. The van der Waals surface area contributed by atoms with E-state index >= 15 is 0 Å². The van der Waals surface area contributed by atoms with Crippen LogP contribution in [-0.4, -0.2) is 8.42 Å². The topological polar surface area (TPSA) is 63.6 Å². The maximum atomic E-state index is 10.5. The van der Waals surface area contributed by atoms with Crippen molar-refractivity contribution >= 4 is 16.4 Å². The number of thiol groups is 1. The fourth-order valence-electron chi connectivity index (χ4n) is 0.810. The number of nitroso groups, excluding NO2 is 1. The van der Waals surface area contributed by atoms with Crippen LogP contribution in [0.4, 0.5) is 5.69 Å². The lowest BCUT2D eigenvalue weighted by atomic mass is 10.2. The molecule has 0 radical (unpaired) electrons. The summed E-state index contributed by atoms with van der Waals surface area (Å²) in [5.74, 6) is 0. The number of nitrogens with zero attached hydrogens (tertiary/aromatic N) is 1. The van der Waals surface area contributed by atoms with Crippen molar-refractivity contribution in [2.75, 3.05) is 0 Å². The fraction of sp³-hybridized carbons (Fsp3) is 0.143. The van der Waals surface area contributed by atoms with E-state index in [0.717, 1.165) is 0 Å². The maximum absolute atomic E-state index is 10.5. The summed E-state index contributed by atoms with van der Waals surface area (Å²) in [4.78, 5) is 10.3. The molecule has 12 heavy (non-hydrogen) atoms. The highest BCUT2D eigenvalue weighted by Gasteiger charge is 2.01. The predicted molar refractivity (Wildman–Crippen MR) is 45.2 cm³/mol. The molecule has 1 rings (SSSR count). The molecular weight excluding hydrogens is 178 g/mol. The van der Waals surface area contributed by atoms with E-state index in [1.807, 2.05) is 0 Å². The zero-order valence-corrected chi connectivity index (χ0v) is 7.25. The van der Waals surface area contributed by atoms with Crippen LogP contribution >= 0.6 is 0 Å². The molecule has 1 aromatic rings. The molecule has 0 heterocycles. The Morgan fingerprint density at radius 2 is 2.00 bits per heavy atom.